The van der Waals surface area contributed by atoms with Gasteiger partial charge in [-0.1, -0.05) is 24.9 Å². The van der Waals surface area contributed by atoms with E-state index in [0.717, 1.165) is 19.3 Å². The number of oxime groups is 1. The summed E-state index contributed by atoms with van der Waals surface area (Å²) >= 11 is 0. The molecule has 0 aliphatic heterocycles. The van der Waals surface area contributed by atoms with Gasteiger partial charge in [0.05, 0.1) is 0 Å². The highest BCUT2D eigenvalue weighted by molar-refractivity contribution is 5.98. The van der Waals surface area contributed by atoms with Gasteiger partial charge in [0.25, 0.3) is 0 Å². The predicted molar refractivity (Wildman–Crippen MR) is 136 cm³/mol. The van der Waals surface area contributed by atoms with Crippen molar-refractivity contribution in [3.05, 3.63) is 59.7 Å². The maximum absolute atomic E-state index is 12.2. The molecule has 2 aromatic rings. The number of anilines is 2. The number of nitrogens with two attached hydrogens (primary N) is 2. The Morgan fingerprint density at radius 2 is 1.31 bits per heavy atom. The zero-order chi connectivity index (χ0) is 25.6. The molecule has 0 heterocycles. The van der Waals surface area contributed by atoms with E-state index in [2.05, 4.69) is 15.8 Å². The molecule has 0 aromatic heterocycles. The number of nitrogens with zero attached hydrogens (tertiary/aromatic N) is 1. The molecule has 0 saturated carbocycles. The van der Waals surface area contributed by atoms with E-state index in [1.807, 2.05) is 6.92 Å². The molecule has 35 heavy (non-hydrogen) atoms. The molecule has 0 atom stereocenters. The lowest BCUT2D eigenvalue weighted by Gasteiger charge is -2.08. The number of amides is 2. The van der Waals surface area contributed by atoms with Gasteiger partial charge in [-0.05, 0) is 61.4 Å². The highest BCUT2D eigenvalue weighted by Crippen LogP contribution is 2.13. The van der Waals surface area contributed by atoms with Gasteiger partial charge in [-0.15, -0.1) is 0 Å². The summed E-state index contributed by atoms with van der Waals surface area (Å²) in [5.74, 6) is -0.838. The minimum atomic E-state index is -0.426. The van der Waals surface area contributed by atoms with Crippen LogP contribution in [0.4, 0.5) is 11.4 Å². The van der Waals surface area contributed by atoms with Crippen molar-refractivity contribution in [3.8, 4) is 0 Å². The Balaban J connectivity index is 1.72. The molecular weight excluding hydrogens is 448 g/mol. The standard InChI is InChI=1S/C25H32N6O4/c1-2-3-4-8-23(34)35-31-25(28)18-11-15-20(16-12-18)30-22(33)7-5-6-21(32)29-19-13-9-17(10-14-19)24(26)27/h9-16H,2-8H2,1H3,(H3,26,27)(H2,28,31)(H,29,32)(H,30,33). The van der Waals surface area contributed by atoms with Crippen molar-refractivity contribution in [3.63, 3.8) is 0 Å². The second kappa shape index (κ2) is 14.1. The van der Waals surface area contributed by atoms with Crippen molar-refractivity contribution in [1.29, 1.82) is 5.41 Å². The zero-order valence-corrected chi connectivity index (χ0v) is 19.8. The molecule has 10 nitrogen and oxygen atoms in total. The summed E-state index contributed by atoms with van der Waals surface area (Å²) in [6.45, 7) is 2.05. The molecule has 0 aliphatic rings. The van der Waals surface area contributed by atoms with Crippen LogP contribution < -0.4 is 22.1 Å². The number of carbonyl (C=O) groups is 3. The van der Waals surface area contributed by atoms with Crippen molar-refractivity contribution in [1.82, 2.24) is 0 Å². The van der Waals surface area contributed by atoms with Crippen molar-refractivity contribution in [2.24, 2.45) is 16.6 Å². The van der Waals surface area contributed by atoms with Crippen molar-refractivity contribution in [2.45, 2.75) is 51.9 Å². The number of unbranched alkanes of at least 4 members (excludes halogenated alkanes) is 2. The number of hydrogen-bond acceptors (Lipinski definition) is 6. The number of rotatable bonds is 13. The van der Waals surface area contributed by atoms with E-state index in [4.69, 9.17) is 21.7 Å². The van der Waals surface area contributed by atoms with Gasteiger partial charge in [0, 0.05) is 41.8 Å². The highest BCUT2D eigenvalue weighted by Gasteiger charge is 2.08. The maximum Gasteiger partial charge on any atom is 0.335 e. The van der Waals surface area contributed by atoms with Crippen LogP contribution in [0, 0.1) is 5.41 Å². The molecule has 2 rings (SSSR count). The number of hydrogen-bond donors (Lipinski definition) is 5. The number of benzene rings is 2. The molecule has 2 amide bonds. The third-order valence-corrected chi connectivity index (χ3v) is 4.98. The minimum absolute atomic E-state index is 0.0428. The monoisotopic (exact) mass is 480 g/mol. The molecule has 0 saturated heterocycles. The first-order valence-corrected chi connectivity index (χ1v) is 11.5. The van der Waals surface area contributed by atoms with Crippen LogP contribution in [-0.2, 0) is 19.2 Å². The molecule has 0 fully saturated rings. The fraction of sp³-hybridized carbons (Fsp3) is 0.320. The van der Waals surface area contributed by atoms with Crippen LogP contribution in [0.5, 0.6) is 0 Å². The number of nitrogen functional groups attached to an aromatic ring is 1. The van der Waals surface area contributed by atoms with Crippen molar-refractivity contribution >= 4 is 40.8 Å². The average Bonchev–Trinajstić information content (AvgIpc) is 2.83. The van der Waals surface area contributed by atoms with Gasteiger partial charge in [0.2, 0.25) is 11.8 Å². The lowest BCUT2D eigenvalue weighted by atomic mass is 10.1. The Kier molecular flexibility index (Phi) is 10.9. The zero-order valence-electron chi connectivity index (χ0n) is 19.8. The fourth-order valence-electron chi connectivity index (χ4n) is 3.03. The smallest absolute Gasteiger partial charge is 0.335 e. The first-order chi connectivity index (χ1) is 16.8. The summed E-state index contributed by atoms with van der Waals surface area (Å²) in [5.41, 5.74) is 13.5. The summed E-state index contributed by atoms with van der Waals surface area (Å²) in [7, 11) is 0. The summed E-state index contributed by atoms with van der Waals surface area (Å²) in [5, 5.41) is 16.5. The molecule has 10 heteroatoms. The second-order valence-electron chi connectivity index (χ2n) is 7.92. The van der Waals surface area contributed by atoms with E-state index in [-0.39, 0.29) is 36.3 Å². The third-order valence-electron chi connectivity index (χ3n) is 4.98. The van der Waals surface area contributed by atoms with E-state index >= 15 is 0 Å². The molecule has 0 spiro atoms. The molecule has 7 N–H and O–H groups in total. The highest BCUT2D eigenvalue weighted by atomic mass is 16.7. The summed E-state index contributed by atoms with van der Waals surface area (Å²) in [6, 6.07) is 13.3. The quantitative estimate of drug-likeness (QED) is 0.0965. The summed E-state index contributed by atoms with van der Waals surface area (Å²) < 4.78 is 0. The molecule has 0 unspecified atom stereocenters. The Hall–Kier alpha value is -4.21. The van der Waals surface area contributed by atoms with Gasteiger partial charge in [0.15, 0.2) is 5.84 Å². The molecule has 186 valence electrons. The summed E-state index contributed by atoms with van der Waals surface area (Å²) in [4.78, 5) is 40.7. The van der Waals surface area contributed by atoms with Gasteiger partial charge in [-0.2, -0.15) is 0 Å². The van der Waals surface area contributed by atoms with Gasteiger partial charge in [0.1, 0.15) is 5.84 Å². The summed E-state index contributed by atoms with van der Waals surface area (Å²) in [6.07, 6.45) is 3.75. The Bertz CT molecular complexity index is 1050. The SMILES string of the molecule is CCCCCC(=O)O/N=C(\N)c1ccc(NC(=O)CCCC(=O)Nc2ccc(C(=N)N)cc2)cc1. The van der Waals surface area contributed by atoms with E-state index in [1.54, 1.807) is 48.5 Å². The minimum Gasteiger partial charge on any atom is -0.384 e. The molecule has 0 radical (unpaired) electrons. The lowest BCUT2D eigenvalue weighted by Crippen LogP contribution is -2.16. The first kappa shape index (κ1) is 27.0. The van der Waals surface area contributed by atoms with Crippen LogP contribution in [0.1, 0.15) is 63.0 Å². The lowest BCUT2D eigenvalue weighted by molar-refractivity contribution is -0.143. The Labute approximate surface area is 204 Å². The number of amidine groups is 2. The Morgan fingerprint density at radius 3 is 1.80 bits per heavy atom. The topological polar surface area (TPSA) is 173 Å². The largest absolute Gasteiger partial charge is 0.384 e. The van der Waals surface area contributed by atoms with Crippen molar-refractivity contribution in [2.75, 3.05) is 10.6 Å². The number of carbonyl (C=O) groups excluding carboxylic acids is 3. The normalized spacial score (nSPS) is 10.9. The van der Waals surface area contributed by atoms with Crippen LogP contribution in [0.15, 0.2) is 53.7 Å². The van der Waals surface area contributed by atoms with Gasteiger partial charge < -0.3 is 26.9 Å². The van der Waals surface area contributed by atoms with Crippen LogP contribution in [0.25, 0.3) is 0 Å². The second-order valence-corrected chi connectivity index (χ2v) is 7.92. The molecule has 0 aliphatic carbocycles. The average molecular weight is 481 g/mol. The van der Waals surface area contributed by atoms with Gasteiger partial charge in [-0.3, -0.25) is 15.0 Å². The van der Waals surface area contributed by atoms with Crippen LogP contribution in [0.2, 0.25) is 0 Å². The predicted octanol–water partition coefficient (Wildman–Crippen LogP) is 3.46. The molecular formula is C25H32N6O4. The van der Waals surface area contributed by atoms with E-state index in [1.165, 1.54) is 0 Å². The van der Waals surface area contributed by atoms with Crippen LogP contribution >= 0.6 is 0 Å². The fourth-order valence-corrected chi connectivity index (χ4v) is 3.03. The Morgan fingerprint density at radius 1 is 0.800 bits per heavy atom. The third kappa shape index (κ3) is 10.1. The van der Waals surface area contributed by atoms with Crippen molar-refractivity contribution < 1.29 is 19.2 Å². The van der Waals surface area contributed by atoms with Crippen LogP contribution in [-0.4, -0.2) is 29.5 Å². The molecule has 0 bridgehead atoms. The first-order valence-electron chi connectivity index (χ1n) is 11.5. The van der Waals surface area contributed by atoms with Crippen LogP contribution in [0.3, 0.4) is 0 Å². The van der Waals surface area contributed by atoms with E-state index < -0.39 is 5.97 Å². The number of nitrogens with one attached hydrogen (secondary N) is 3. The van der Waals surface area contributed by atoms with Gasteiger partial charge >= 0.3 is 5.97 Å². The maximum atomic E-state index is 12.2. The van der Waals surface area contributed by atoms with E-state index in [0.29, 0.717) is 35.3 Å². The van der Waals surface area contributed by atoms with Gasteiger partial charge in [-0.25, -0.2) is 4.79 Å². The van der Waals surface area contributed by atoms with E-state index in [9.17, 15) is 14.4 Å². The molecule has 2 aromatic carbocycles.